The maximum Gasteiger partial charge on any atom is 0.173 e. The van der Waals surface area contributed by atoms with Crippen molar-refractivity contribution in [2.24, 2.45) is 11.8 Å². The lowest BCUT2D eigenvalue weighted by molar-refractivity contribution is -0.118. The highest BCUT2D eigenvalue weighted by atomic mass is 79.9. The molecule has 0 spiro atoms. The minimum absolute atomic E-state index is 0.00163. The molecule has 4 nitrogen and oxygen atoms in total. The van der Waals surface area contributed by atoms with Crippen LogP contribution >= 0.6 is 27.5 Å². The number of aliphatic hydroxyl groups is 1. The van der Waals surface area contributed by atoms with Gasteiger partial charge in [-0.1, -0.05) is 24.6 Å². The number of fused-ring (bicyclic) bond motifs is 5. The van der Waals surface area contributed by atoms with Crippen molar-refractivity contribution in [2.45, 2.75) is 38.4 Å². The molecule has 1 N–H and O–H groups in total. The van der Waals surface area contributed by atoms with Gasteiger partial charge in [-0.25, -0.2) is 0 Å². The monoisotopic (exact) mass is 474 g/mol. The summed E-state index contributed by atoms with van der Waals surface area (Å²) in [4.78, 5) is 13.2. The van der Waals surface area contributed by atoms with Crippen LogP contribution in [0.25, 0.3) is 5.57 Å². The summed E-state index contributed by atoms with van der Waals surface area (Å²) < 4.78 is 12.7. The molecule has 2 saturated heterocycles. The third-order valence-corrected chi connectivity index (χ3v) is 7.49. The average molecular weight is 476 g/mol. The Kier molecular flexibility index (Phi) is 4.72. The van der Waals surface area contributed by atoms with E-state index < -0.39 is 0 Å². The molecule has 2 bridgehead atoms. The fourth-order valence-corrected chi connectivity index (χ4v) is 5.34. The molecule has 0 unspecified atom stereocenters. The molecule has 4 atom stereocenters. The van der Waals surface area contributed by atoms with Gasteiger partial charge in [-0.2, -0.15) is 0 Å². The summed E-state index contributed by atoms with van der Waals surface area (Å²) >= 11 is 9.54. The van der Waals surface area contributed by atoms with Gasteiger partial charge in [-0.05, 0) is 70.6 Å². The number of Topliss-reactive ketones (excluding diaryl/α,β-unsaturated/α-hetero) is 1. The number of rotatable bonds is 4. The van der Waals surface area contributed by atoms with Crippen LogP contribution in [0.3, 0.4) is 0 Å². The molecule has 2 fully saturated rings. The van der Waals surface area contributed by atoms with E-state index in [0.717, 1.165) is 34.9 Å². The third kappa shape index (κ3) is 3.02. The minimum Gasteiger partial charge on any atom is -0.511 e. The van der Waals surface area contributed by atoms with Crippen molar-refractivity contribution in [2.75, 3.05) is 0 Å². The number of halogens is 2. The van der Waals surface area contributed by atoms with Gasteiger partial charge >= 0.3 is 0 Å². The minimum atomic E-state index is -0.247. The molecule has 0 aromatic heterocycles. The molecule has 3 aliphatic rings. The van der Waals surface area contributed by atoms with Crippen LogP contribution in [0.5, 0.6) is 11.5 Å². The van der Waals surface area contributed by atoms with Gasteiger partial charge in [-0.3, -0.25) is 4.79 Å². The van der Waals surface area contributed by atoms with Crippen molar-refractivity contribution in [3.63, 3.8) is 0 Å². The van der Waals surface area contributed by atoms with Crippen LogP contribution in [0, 0.1) is 11.8 Å². The largest absolute Gasteiger partial charge is 0.511 e. The van der Waals surface area contributed by atoms with Crippen LogP contribution in [0.2, 0.25) is 5.02 Å². The highest BCUT2D eigenvalue weighted by molar-refractivity contribution is 9.10. The SMILES string of the molecule is CCc1ccc(Oc2ccc(Br)c(Cl)c2)cc1C1=C(O)[C@H]2[C@@H](C1=O)[C@H]1CC[C@@H]2O1. The van der Waals surface area contributed by atoms with E-state index >= 15 is 0 Å². The highest BCUT2D eigenvalue weighted by Crippen LogP contribution is 2.54. The van der Waals surface area contributed by atoms with Gasteiger partial charge in [0.2, 0.25) is 0 Å². The summed E-state index contributed by atoms with van der Waals surface area (Å²) in [6, 6.07) is 11.1. The lowest BCUT2D eigenvalue weighted by Crippen LogP contribution is -2.29. The van der Waals surface area contributed by atoms with Crippen molar-refractivity contribution in [1.82, 2.24) is 0 Å². The lowest BCUT2D eigenvalue weighted by Gasteiger charge is -2.19. The van der Waals surface area contributed by atoms with E-state index in [-0.39, 0.29) is 35.6 Å². The topological polar surface area (TPSA) is 55.8 Å². The van der Waals surface area contributed by atoms with Gasteiger partial charge in [0.15, 0.2) is 5.78 Å². The second-order valence-corrected chi connectivity index (χ2v) is 9.08. The Hall–Kier alpha value is -1.82. The van der Waals surface area contributed by atoms with Crippen molar-refractivity contribution < 1.29 is 19.4 Å². The maximum absolute atomic E-state index is 13.2. The van der Waals surface area contributed by atoms with Gasteiger partial charge in [-0.15, -0.1) is 0 Å². The zero-order valence-corrected chi connectivity index (χ0v) is 18.2. The van der Waals surface area contributed by atoms with E-state index in [2.05, 4.69) is 15.9 Å². The number of hydrogen-bond acceptors (Lipinski definition) is 4. The summed E-state index contributed by atoms with van der Waals surface area (Å²) in [5, 5.41) is 11.5. The third-order valence-electron chi connectivity index (χ3n) is 6.25. The Morgan fingerprint density at radius 3 is 2.52 bits per heavy atom. The van der Waals surface area contributed by atoms with Crippen LogP contribution in [0.4, 0.5) is 0 Å². The quantitative estimate of drug-likeness (QED) is 0.580. The van der Waals surface area contributed by atoms with Crippen LogP contribution in [0.1, 0.15) is 30.9 Å². The van der Waals surface area contributed by atoms with Gasteiger partial charge in [0.25, 0.3) is 0 Å². The Morgan fingerprint density at radius 2 is 1.83 bits per heavy atom. The van der Waals surface area contributed by atoms with E-state index in [1.165, 1.54) is 0 Å². The van der Waals surface area contributed by atoms with E-state index in [4.69, 9.17) is 21.1 Å². The summed E-state index contributed by atoms with van der Waals surface area (Å²) in [5.41, 5.74) is 2.20. The number of aryl methyl sites for hydroxylation is 1. The Balaban J connectivity index is 1.53. The van der Waals surface area contributed by atoms with Gasteiger partial charge in [0, 0.05) is 10.5 Å². The van der Waals surface area contributed by atoms with Gasteiger partial charge in [0.05, 0.1) is 34.6 Å². The van der Waals surface area contributed by atoms with Crippen molar-refractivity contribution in [3.05, 3.63) is 62.8 Å². The fourth-order valence-electron chi connectivity index (χ4n) is 4.92. The van der Waals surface area contributed by atoms with Crippen molar-refractivity contribution >= 4 is 38.9 Å². The number of benzene rings is 2. The van der Waals surface area contributed by atoms with Crippen molar-refractivity contribution in [3.8, 4) is 11.5 Å². The molecule has 2 aromatic carbocycles. The molecule has 0 radical (unpaired) electrons. The molecule has 6 heteroatoms. The second kappa shape index (κ2) is 7.15. The molecule has 0 amide bonds. The highest BCUT2D eigenvalue weighted by Gasteiger charge is 2.59. The Labute approximate surface area is 182 Å². The lowest BCUT2D eigenvalue weighted by atomic mass is 9.80. The molecule has 1 aliphatic carbocycles. The van der Waals surface area contributed by atoms with E-state index in [0.29, 0.717) is 22.1 Å². The fraction of sp³-hybridized carbons (Fsp3) is 0.348. The van der Waals surface area contributed by atoms with E-state index in [1.54, 1.807) is 6.07 Å². The summed E-state index contributed by atoms with van der Waals surface area (Å²) in [7, 11) is 0. The standard InChI is InChI=1S/C23H20BrClO4/c1-2-11-3-4-12(28-13-5-6-15(24)16(25)10-13)9-14(11)19-22(26)20-17-7-8-18(29-17)21(20)23(19)27/h3-6,9-10,17-18,20-21,26H,2,7-8H2,1H3/t17-,18+,20+,21-/m0/s1. The number of ketones is 1. The Bertz CT molecular complexity index is 1050. The van der Waals surface area contributed by atoms with Gasteiger partial charge in [0.1, 0.15) is 17.3 Å². The molecule has 150 valence electrons. The van der Waals surface area contributed by atoms with Crippen LogP contribution in [-0.4, -0.2) is 23.1 Å². The average Bonchev–Trinajstić information content (AvgIpc) is 3.39. The first-order chi connectivity index (χ1) is 14.0. The second-order valence-electron chi connectivity index (χ2n) is 7.82. The van der Waals surface area contributed by atoms with Crippen molar-refractivity contribution in [1.29, 1.82) is 0 Å². The van der Waals surface area contributed by atoms with E-state index in [9.17, 15) is 9.90 Å². The molecule has 2 aliphatic heterocycles. The number of hydrogen-bond donors (Lipinski definition) is 1. The maximum atomic E-state index is 13.2. The van der Waals surface area contributed by atoms with Crippen LogP contribution < -0.4 is 4.74 Å². The van der Waals surface area contributed by atoms with Crippen LogP contribution in [0.15, 0.2) is 46.6 Å². The molecular weight excluding hydrogens is 456 g/mol. The number of allylic oxidation sites excluding steroid dienone is 1. The molecular formula is C23H20BrClO4. The number of carbonyl (C=O) groups is 1. The molecule has 2 heterocycles. The smallest absolute Gasteiger partial charge is 0.173 e. The molecule has 2 aromatic rings. The van der Waals surface area contributed by atoms with Gasteiger partial charge < -0.3 is 14.6 Å². The predicted molar refractivity (Wildman–Crippen MR) is 114 cm³/mol. The zero-order valence-electron chi connectivity index (χ0n) is 15.8. The Morgan fingerprint density at radius 1 is 1.14 bits per heavy atom. The summed E-state index contributed by atoms with van der Waals surface area (Å²) in [6.07, 6.45) is 2.45. The first kappa shape index (κ1) is 19.2. The van der Waals surface area contributed by atoms with E-state index in [1.807, 2.05) is 37.3 Å². The summed E-state index contributed by atoms with van der Waals surface area (Å²) in [6.45, 7) is 2.04. The predicted octanol–water partition coefficient (Wildman–Crippen LogP) is 6.10. The van der Waals surface area contributed by atoms with Crippen LogP contribution in [-0.2, 0) is 16.0 Å². The number of carbonyl (C=O) groups excluding carboxylic acids is 1. The molecule has 0 saturated carbocycles. The summed E-state index contributed by atoms with van der Waals surface area (Å²) in [5.74, 6) is 0.940. The zero-order chi connectivity index (χ0) is 20.3. The first-order valence-electron chi connectivity index (χ1n) is 9.87. The normalized spacial score (nSPS) is 27.6. The number of ether oxygens (including phenoxy) is 2. The number of aliphatic hydroxyl groups excluding tert-OH is 1. The molecule has 29 heavy (non-hydrogen) atoms. The molecule has 5 rings (SSSR count). The first-order valence-corrected chi connectivity index (χ1v) is 11.0.